The second-order valence-electron chi connectivity index (χ2n) is 4.90. The first-order chi connectivity index (χ1) is 12.6. The van der Waals surface area contributed by atoms with Gasteiger partial charge in [-0.05, 0) is 41.4 Å². The number of nitrogens with zero attached hydrogens (tertiary/aromatic N) is 4. The minimum absolute atomic E-state index is 0.127. The van der Waals surface area contributed by atoms with Crippen LogP contribution in [0.4, 0.5) is 4.39 Å². The number of rotatable bonds is 5. The van der Waals surface area contributed by atoms with E-state index >= 15 is 0 Å². The molecule has 1 N–H and O–H groups in total. The zero-order valence-electron chi connectivity index (χ0n) is 13.1. The Morgan fingerprint density at radius 3 is 2.88 bits per heavy atom. The maximum absolute atomic E-state index is 13.6. The molecular weight excluding hydrogens is 361 g/mol. The summed E-state index contributed by atoms with van der Waals surface area (Å²) in [7, 11) is 0. The topological polar surface area (TPSA) is 89.4 Å². The third-order valence-corrected chi connectivity index (χ3v) is 3.26. The summed E-state index contributed by atoms with van der Waals surface area (Å²) in [4.78, 5) is 22.9. The zero-order valence-corrected chi connectivity index (χ0v) is 13.9. The van der Waals surface area contributed by atoms with Gasteiger partial charge in [0, 0.05) is 18.0 Å². The maximum Gasteiger partial charge on any atom is 0.271 e. The van der Waals surface area contributed by atoms with Crippen molar-refractivity contribution in [1.82, 2.24) is 20.4 Å². The van der Waals surface area contributed by atoms with Crippen molar-refractivity contribution in [3.8, 4) is 11.6 Å². The van der Waals surface area contributed by atoms with Crippen LogP contribution < -0.4 is 10.2 Å². The van der Waals surface area contributed by atoms with E-state index in [1.807, 2.05) is 0 Å². The molecule has 1 amide bonds. The van der Waals surface area contributed by atoms with Crippen molar-refractivity contribution in [1.29, 1.82) is 0 Å². The monoisotopic (exact) mass is 371 g/mol. The predicted molar refractivity (Wildman–Crippen MR) is 92.8 cm³/mol. The Bertz CT molecular complexity index is 953. The van der Waals surface area contributed by atoms with Crippen LogP contribution in [0.25, 0.3) is 0 Å². The van der Waals surface area contributed by atoms with Gasteiger partial charge in [-0.15, -0.1) is 0 Å². The first-order valence-corrected chi connectivity index (χ1v) is 7.69. The summed E-state index contributed by atoms with van der Waals surface area (Å²) >= 11 is 5.63. The average molecular weight is 372 g/mol. The normalized spacial score (nSPS) is 10.7. The molecular formula is C17H11ClFN5O2. The van der Waals surface area contributed by atoms with Gasteiger partial charge in [0.15, 0.2) is 0 Å². The fraction of sp³-hybridized carbons (Fsp3) is 0. The number of amides is 1. The van der Waals surface area contributed by atoms with E-state index in [1.165, 1.54) is 18.6 Å². The fourth-order valence-electron chi connectivity index (χ4n) is 1.91. The highest BCUT2D eigenvalue weighted by Gasteiger charge is 2.09. The lowest BCUT2D eigenvalue weighted by Gasteiger charge is -2.06. The molecule has 0 aliphatic heterocycles. The molecule has 0 unspecified atom stereocenters. The third-order valence-electron chi connectivity index (χ3n) is 3.08. The Balaban J connectivity index is 1.67. The first-order valence-electron chi connectivity index (χ1n) is 7.31. The molecule has 26 heavy (non-hydrogen) atoms. The van der Waals surface area contributed by atoms with E-state index < -0.39 is 5.82 Å². The van der Waals surface area contributed by atoms with E-state index in [0.717, 1.165) is 6.20 Å². The van der Waals surface area contributed by atoms with Crippen LogP contribution in [0.3, 0.4) is 0 Å². The molecule has 0 aliphatic carbocycles. The van der Waals surface area contributed by atoms with E-state index in [2.05, 4.69) is 25.5 Å². The van der Waals surface area contributed by atoms with Crippen LogP contribution in [-0.4, -0.2) is 27.1 Å². The van der Waals surface area contributed by atoms with Crippen molar-refractivity contribution >= 4 is 23.7 Å². The Kier molecular flexibility index (Phi) is 5.45. The number of ether oxygens (including phenoxy) is 1. The summed E-state index contributed by atoms with van der Waals surface area (Å²) in [5.41, 5.74) is 3.46. The van der Waals surface area contributed by atoms with Crippen LogP contribution in [-0.2, 0) is 0 Å². The van der Waals surface area contributed by atoms with E-state index in [-0.39, 0.29) is 17.1 Å². The third kappa shape index (κ3) is 4.58. The number of carbonyl (C=O) groups is 1. The van der Waals surface area contributed by atoms with Crippen LogP contribution in [0.15, 0.2) is 60.1 Å². The molecule has 2 aromatic heterocycles. The van der Waals surface area contributed by atoms with Gasteiger partial charge in [-0.2, -0.15) is 14.5 Å². The maximum atomic E-state index is 13.6. The van der Waals surface area contributed by atoms with Crippen LogP contribution >= 0.6 is 11.6 Å². The van der Waals surface area contributed by atoms with Gasteiger partial charge in [-0.1, -0.05) is 12.1 Å². The van der Waals surface area contributed by atoms with Gasteiger partial charge < -0.3 is 4.74 Å². The molecule has 0 spiro atoms. The summed E-state index contributed by atoms with van der Waals surface area (Å²) in [6, 6.07) is 9.77. The number of aromatic nitrogens is 3. The van der Waals surface area contributed by atoms with Crippen LogP contribution in [0.5, 0.6) is 11.6 Å². The van der Waals surface area contributed by atoms with E-state index in [0.29, 0.717) is 16.9 Å². The van der Waals surface area contributed by atoms with Crippen LogP contribution in [0, 0.1) is 5.82 Å². The molecule has 0 saturated carbocycles. The number of benzene rings is 1. The Hall–Kier alpha value is -3.39. The Morgan fingerprint density at radius 2 is 2.08 bits per heavy atom. The molecule has 0 saturated heterocycles. The molecule has 130 valence electrons. The number of hydrogen-bond donors (Lipinski definition) is 1. The number of halogens is 2. The van der Waals surface area contributed by atoms with Gasteiger partial charge in [-0.3, -0.25) is 9.78 Å². The molecule has 0 fully saturated rings. The standard InChI is InChI=1S/C17H11ClFN5O2/c18-17-21-10-14(19)16(23-17)26-13-3-1-2-11(8-13)9-22-24-15(25)12-4-6-20-7-5-12/h1-10H,(H,24,25)/b22-9-. The average Bonchev–Trinajstić information content (AvgIpc) is 2.66. The summed E-state index contributed by atoms with van der Waals surface area (Å²) in [5.74, 6) is -1.07. The SMILES string of the molecule is O=C(N/N=C\c1cccc(Oc2nc(Cl)ncc2F)c1)c1ccncc1. The predicted octanol–water partition coefficient (Wildman–Crippen LogP) is 3.22. The van der Waals surface area contributed by atoms with Gasteiger partial charge in [0.25, 0.3) is 11.8 Å². The number of hydrazone groups is 1. The van der Waals surface area contributed by atoms with Crippen molar-refractivity contribution < 1.29 is 13.9 Å². The van der Waals surface area contributed by atoms with Gasteiger partial charge in [0.2, 0.25) is 11.1 Å². The number of pyridine rings is 1. The molecule has 3 aromatic rings. The quantitative estimate of drug-likeness (QED) is 0.422. The highest BCUT2D eigenvalue weighted by Crippen LogP contribution is 2.23. The largest absolute Gasteiger partial charge is 0.436 e. The minimum atomic E-state index is -0.738. The van der Waals surface area contributed by atoms with Crippen molar-refractivity contribution in [2.45, 2.75) is 0 Å². The molecule has 9 heteroatoms. The van der Waals surface area contributed by atoms with Crippen molar-refractivity contribution in [3.05, 3.63) is 77.2 Å². The molecule has 0 atom stereocenters. The van der Waals surface area contributed by atoms with Gasteiger partial charge >= 0.3 is 0 Å². The Labute approximate surface area is 152 Å². The van der Waals surface area contributed by atoms with Gasteiger partial charge in [0.05, 0.1) is 12.4 Å². The molecule has 3 rings (SSSR count). The fourth-order valence-corrected chi connectivity index (χ4v) is 2.03. The summed E-state index contributed by atoms with van der Waals surface area (Å²) in [6.07, 6.45) is 5.37. The number of nitrogens with one attached hydrogen (secondary N) is 1. The minimum Gasteiger partial charge on any atom is -0.436 e. The number of carbonyl (C=O) groups excluding carboxylic acids is 1. The molecule has 1 aromatic carbocycles. The zero-order chi connectivity index (χ0) is 18.4. The second-order valence-corrected chi connectivity index (χ2v) is 5.24. The highest BCUT2D eigenvalue weighted by atomic mass is 35.5. The highest BCUT2D eigenvalue weighted by molar-refractivity contribution is 6.28. The lowest BCUT2D eigenvalue weighted by Crippen LogP contribution is -2.17. The van der Waals surface area contributed by atoms with Crippen molar-refractivity contribution in [3.63, 3.8) is 0 Å². The van der Waals surface area contributed by atoms with Crippen molar-refractivity contribution in [2.24, 2.45) is 5.10 Å². The van der Waals surface area contributed by atoms with Gasteiger partial charge in [0.1, 0.15) is 5.75 Å². The van der Waals surface area contributed by atoms with Crippen LogP contribution in [0.1, 0.15) is 15.9 Å². The number of hydrogen-bond acceptors (Lipinski definition) is 6. The molecule has 7 nitrogen and oxygen atoms in total. The summed E-state index contributed by atoms with van der Waals surface area (Å²) < 4.78 is 19.0. The molecule has 0 radical (unpaired) electrons. The summed E-state index contributed by atoms with van der Waals surface area (Å²) in [6.45, 7) is 0. The second kappa shape index (κ2) is 8.13. The van der Waals surface area contributed by atoms with E-state index in [9.17, 15) is 9.18 Å². The van der Waals surface area contributed by atoms with Crippen LogP contribution in [0.2, 0.25) is 5.28 Å². The first kappa shape index (κ1) is 17.4. The Morgan fingerprint density at radius 1 is 1.27 bits per heavy atom. The van der Waals surface area contributed by atoms with Crippen molar-refractivity contribution in [2.75, 3.05) is 0 Å². The van der Waals surface area contributed by atoms with E-state index in [1.54, 1.807) is 36.4 Å². The van der Waals surface area contributed by atoms with E-state index in [4.69, 9.17) is 16.3 Å². The summed E-state index contributed by atoms with van der Waals surface area (Å²) in [5, 5.41) is 3.75. The molecule has 0 bridgehead atoms. The lowest BCUT2D eigenvalue weighted by molar-refractivity contribution is 0.0955. The van der Waals surface area contributed by atoms with Gasteiger partial charge in [-0.25, -0.2) is 10.4 Å². The molecule has 2 heterocycles. The molecule has 0 aliphatic rings. The lowest BCUT2D eigenvalue weighted by atomic mass is 10.2. The smallest absolute Gasteiger partial charge is 0.271 e.